The highest BCUT2D eigenvalue weighted by Gasteiger charge is 2.36. The van der Waals surface area contributed by atoms with Crippen LogP contribution in [0.15, 0.2) is 54.6 Å². The molecule has 1 aliphatic rings. The molecular formula is C22H19IN2O5. The van der Waals surface area contributed by atoms with Crippen LogP contribution in [-0.2, 0) is 9.59 Å². The average molecular weight is 518 g/mol. The lowest BCUT2D eigenvalue weighted by atomic mass is 10.1. The van der Waals surface area contributed by atoms with Crippen LogP contribution < -0.4 is 19.7 Å². The molecule has 2 aromatic rings. The molecule has 30 heavy (non-hydrogen) atoms. The number of aryl methyl sites for hydroxylation is 1. The Labute approximate surface area is 187 Å². The molecule has 2 aromatic carbocycles. The number of amides is 4. The number of benzene rings is 2. The Bertz CT molecular complexity index is 1080. The highest BCUT2D eigenvalue weighted by molar-refractivity contribution is 14.1. The van der Waals surface area contributed by atoms with Crippen molar-refractivity contribution in [2.75, 3.05) is 18.6 Å². The SMILES string of the molecule is C=CCOc1c(I)cc(/C=C2/C(=O)NC(=O)N(c3cccc(C)c3)C2=O)cc1OC. The Kier molecular flexibility index (Phi) is 6.56. The van der Waals surface area contributed by atoms with Crippen LogP contribution in [0.25, 0.3) is 6.08 Å². The van der Waals surface area contributed by atoms with E-state index in [9.17, 15) is 14.4 Å². The van der Waals surface area contributed by atoms with Gasteiger partial charge in [-0.05, 0) is 71.0 Å². The molecule has 1 N–H and O–H groups in total. The van der Waals surface area contributed by atoms with E-state index in [4.69, 9.17) is 9.47 Å². The van der Waals surface area contributed by atoms with Gasteiger partial charge < -0.3 is 9.47 Å². The number of urea groups is 1. The van der Waals surface area contributed by atoms with Gasteiger partial charge in [0.05, 0.1) is 16.4 Å². The lowest BCUT2D eigenvalue weighted by molar-refractivity contribution is -0.122. The van der Waals surface area contributed by atoms with Gasteiger partial charge in [0.25, 0.3) is 11.8 Å². The van der Waals surface area contributed by atoms with Crippen molar-refractivity contribution in [2.24, 2.45) is 0 Å². The fourth-order valence-corrected chi connectivity index (χ4v) is 3.71. The highest BCUT2D eigenvalue weighted by Crippen LogP contribution is 2.35. The number of nitrogens with one attached hydrogen (secondary N) is 1. The normalized spacial score (nSPS) is 15.2. The molecule has 0 radical (unpaired) electrons. The minimum absolute atomic E-state index is 0.159. The molecule has 3 rings (SSSR count). The van der Waals surface area contributed by atoms with Crippen molar-refractivity contribution < 1.29 is 23.9 Å². The standard InChI is InChI=1S/C22H19IN2O5/c1-4-8-30-19-17(23)11-14(12-18(19)29-3)10-16-20(26)24-22(28)25(21(16)27)15-7-5-6-13(2)9-15/h4-7,9-12H,1,8H2,2-3H3,(H,24,26,28)/b16-10-. The smallest absolute Gasteiger partial charge is 0.335 e. The van der Waals surface area contributed by atoms with Gasteiger partial charge in [-0.15, -0.1) is 0 Å². The Balaban J connectivity index is 2.02. The van der Waals surface area contributed by atoms with Crippen molar-refractivity contribution in [3.05, 3.63) is 69.3 Å². The van der Waals surface area contributed by atoms with E-state index in [-0.39, 0.29) is 5.57 Å². The van der Waals surface area contributed by atoms with Gasteiger partial charge >= 0.3 is 6.03 Å². The first-order valence-electron chi connectivity index (χ1n) is 8.95. The lowest BCUT2D eigenvalue weighted by Gasteiger charge is -2.26. The zero-order valence-electron chi connectivity index (χ0n) is 16.4. The van der Waals surface area contributed by atoms with Crippen molar-refractivity contribution >= 4 is 52.2 Å². The quantitative estimate of drug-likeness (QED) is 0.272. The zero-order chi connectivity index (χ0) is 21.8. The first kappa shape index (κ1) is 21.6. The molecular weight excluding hydrogens is 499 g/mol. The fourth-order valence-electron chi connectivity index (χ4n) is 2.93. The fraction of sp³-hybridized carbons (Fsp3) is 0.136. The van der Waals surface area contributed by atoms with E-state index in [1.165, 1.54) is 13.2 Å². The van der Waals surface area contributed by atoms with Crippen molar-refractivity contribution in [2.45, 2.75) is 6.92 Å². The van der Waals surface area contributed by atoms with Crippen LogP contribution in [0.3, 0.4) is 0 Å². The van der Waals surface area contributed by atoms with E-state index in [1.54, 1.807) is 36.4 Å². The number of carbonyl (C=O) groups is 3. The molecule has 0 aromatic heterocycles. The number of methoxy groups -OCH3 is 1. The molecule has 1 aliphatic heterocycles. The third kappa shape index (κ3) is 4.38. The van der Waals surface area contributed by atoms with Gasteiger partial charge in [-0.25, -0.2) is 9.69 Å². The van der Waals surface area contributed by atoms with Gasteiger partial charge in [-0.1, -0.05) is 24.8 Å². The Hall–Kier alpha value is -3.14. The van der Waals surface area contributed by atoms with Gasteiger partial charge in [0.2, 0.25) is 0 Å². The number of rotatable bonds is 6. The summed E-state index contributed by atoms with van der Waals surface area (Å²) < 4.78 is 11.7. The summed E-state index contributed by atoms with van der Waals surface area (Å²) in [5.41, 5.74) is 1.66. The maximum Gasteiger partial charge on any atom is 0.335 e. The molecule has 0 bridgehead atoms. The summed E-state index contributed by atoms with van der Waals surface area (Å²) in [5, 5.41) is 2.22. The summed E-state index contributed by atoms with van der Waals surface area (Å²) in [6.45, 7) is 5.78. The molecule has 0 spiro atoms. The van der Waals surface area contributed by atoms with Crippen molar-refractivity contribution in [3.63, 3.8) is 0 Å². The largest absolute Gasteiger partial charge is 0.493 e. The topological polar surface area (TPSA) is 84.9 Å². The van der Waals surface area contributed by atoms with Gasteiger partial charge in [0.15, 0.2) is 11.5 Å². The molecule has 0 aliphatic carbocycles. The number of halogens is 1. The Morgan fingerprint density at radius 3 is 2.63 bits per heavy atom. The highest BCUT2D eigenvalue weighted by atomic mass is 127. The lowest BCUT2D eigenvalue weighted by Crippen LogP contribution is -2.54. The second-order valence-electron chi connectivity index (χ2n) is 6.43. The number of hydrogen-bond donors (Lipinski definition) is 1. The number of carbonyl (C=O) groups excluding carboxylic acids is 3. The van der Waals surface area contributed by atoms with Crippen LogP contribution in [0, 0.1) is 10.5 Å². The van der Waals surface area contributed by atoms with E-state index in [1.807, 2.05) is 13.0 Å². The minimum atomic E-state index is -0.784. The summed E-state index contributed by atoms with van der Waals surface area (Å²) in [7, 11) is 1.50. The molecule has 0 saturated carbocycles. The predicted molar refractivity (Wildman–Crippen MR) is 122 cm³/mol. The molecule has 4 amide bonds. The number of hydrogen-bond acceptors (Lipinski definition) is 5. The Morgan fingerprint density at radius 2 is 1.97 bits per heavy atom. The maximum absolute atomic E-state index is 13.0. The maximum atomic E-state index is 13.0. The van der Waals surface area contributed by atoms with Crippen molar-refractivity contribution in [3.8, 4) is 11.5 Å². The van der Waals surface area contributed by atoms with Gasteiger partial charge in [0.1, 0.15) is 12.2 Å². The van der Waals surface area contributed by atoms with Gasteiger partial charge in [-0.3, -0.25) is 14.9 Å². The zero-order valence-corrected chi connectivity index (χ0v) is 18.6. The number of nitrogens with zero attached hydrogens (tertiary/aromatic N) is 1. The first-order chi connectivity index (χ1) is 14.3. The van der Waals surface area contributed by atoms with Crippen molar-refractivity contribution in [1.82, 2.24) is 5.32 Å². The molecule has 154 valence electrons. The molecule has 0 unspecified atom stereocenters. The third-order valence-electron chi connectivity index (χ3n) is 4.27. The molecule has 1 heterocycles. The predicted octanol–water partition coefficient (Wildman–Crippen LogP) is 3.84. The van der Waals surface area contributed by atoms with Gasteiger partial charge in [-0.2, -0.15) is 0 Å². The second kappa shape index (κ2) is 9.12. The van der Waals surface area contributed by atoms with E-state index in [2.05, 4.69) is 34.5 Å². The van der Waals surface area contributed by atoms with E-state index < -0.39 is 17.8 Å². The summed E-state index contributed by atoms with van der Waals surface area (Å²) in [6.07, 6.45) is 3.04. The monoisotopic (exact) mass is 518 g/mol. The number of barbiturate groups is 1. The van der Waals surface area contributed by atoms with Gasteiger partial charge in [0, 0.05) is 0 Å². The molecule has 0 atom stereocenters. The van der Waals surface area contributed by atoms with E-state index in [0.29, 0.717) is 29.4 Å². The molecule has 8 heteroatoms. The summed E-state index contributed by atoms with van der Waals surface area (Å²) in [4.78, 5) is 38.7. The molecule has 1 fully saturated rings. The van der Waals surface area contributed by atoms with Crippen LogP contribution in [-0.4, -0.2) is 31.6 Å². The minimum Gasteiger partial charge on any atom is -0.493 e. The number of anilines is 1. The third-order valence-corrected chi connectivity index (χ3v) is 5.07. The Morgan fingerprint density at radius 1 is 1.20 bits per heavy atom. The number of imide groups is 2. The van der Waals surface area contributed by atoms with Crippen molar-refractivity contribution in [1.29, 1.82) is 0 Å². The van der Waals surface area contributed by atoms with Crippen LogP contribution >= 0.6 is 22.6 Å². The van der Waals surface area contributed by atoms with E-state index >= 15 is 0 Å². The molecule has 1 saturated heterocycles. The van der Waals surface area contributed by atoms with Crippen LogP contribution in [0.4, 0.5) is 10.5 Å². The van der Waals surface area contributed by atoms with Crippen LogP contribution in [0.2, 0.25) is 0 Å². The molecule has 7 nitrogen and oxygen atoms in total. The number of ether oxygens (including phenoxy) is 2. The average Bonchev–Trinajstić information content (AvgIpc) is 2.70. The first-order valence-corrected chi connectivity index (χ1v) is 10.0. The summed E-state index contributed by atoms with van der Waals surface area (Å²) in [5.74, 6) is -0.466. The second-order valence-corrected chi connectivity index (χ2v) is 7.59. The van der Waals surface area contributed by atoms with E-state index in [0.717, 1.165) is 14.0 Å². The summed E-state index contributed by atoms with van der Waals surface area (Å²) in [6, 6.07) is 9.54. The van der Waals surface area contributed by atoms with Crippen LogP contribution in [0.1, 0.15) is 11.1 Å². The summed E-state index contributed by atoms with van der Waals surface area (Å²) >= 11 is 2.08. The van der Waals surface area contributed by atoms with Crippen LogP contribution in [0.5, 0.6) is 11.5 Å².